The number of nitrogens with two attached hydrogens (primary N) is 1. The van der Waals surface area contributed by atoms with E-state index in [0.29, 0.717) is 11.2 Å². The highest BCUT2D eigenvalue weighted by molar-refractivity contribution is 5.99. The zero-order valence-electron chi connectivity index (χ0n) is 13.0. The molecule has 0 aliphatic rings. The zero-order chi connectivity index (χ0) is 16.9. The lowest BCUT2D eigenvalue weighted by Crippen LogP contribution is -2.30. The Hall–Kier alpha value is -2.61. The van der Waals surface area contributed by atoms with Crippen LogP contribution in [0.25, 0.3) is 5.65 Å². The lowest BCUT2D eigenvalue weighted by atomic mass is 10.2. The predicted molar refractivity (Wildman–Crippen MR) is 80.1 cm³/mol. The van der Waals surface area contributed by atoms with Crippen LogP contribution in [-0.2, 0) is 9.59 Å². The van der Waals surface area contributed by atoms with Crippen LogP contribution in [0.15, 0.2) is 12.3 Å². The van der Waals surface area contributed by atoms with Crippen molar-refractivity contribution in [2.45, 2.75) is 34.1 Å². The summed E-state index contributed by atoms with van der Waals surface area (Å²) in [6.07, 6.45) is 1.54. The number of aryl methyl sites for hydroxylation is 2. The van der Waals surface area contributed by atoms with Gasteiger partial charge in [-0.2, -0.15) is 5.10 Å². The molecule has 0 aliphatic heterocycles. The Labute approximate surface area is 127 Å². The van der Waals surface area contributed by atoms with E-state index in [4.69, 9.17) is 5.84 Å². The van der Waals surface area contributed by atoms with Gasteiger partial charge in [0.2, 0.25) is 0 Å². The Morgan fingerprint density at radius 1 is 1.23 bits per heavy atom. The van der Waals surface area contributed by atoms with Gasteiger partial charge in [0, 0.05) is 11.4 Å². The number of hydrogen-bond donors (Lipinski definition) is 2. The third-order valence-electron chi connectivity index (χ3n) is 2.65. The summed E-state index contributed by atoms with van der Waals surface area (Å²) in [6, 6.07) is 1.89. The molecule has 0 saturated carbocycles. The molecular formula is C14H19N5O3. The van der Waals surface area contributed by atoms with Crippen molar-refractivity contribution in [2.75, 3.05) is 0 Å². The summed E-state index contributed by atoms with van der Waals surface area (Å²) < 4.78 is 1.61. The first-order chi connectivity index (χ1) is 10.3. The molecule has 8 heteroatoms. The number of hydrogen-bond acceptors (Lipinski definition) is 6. The van der Waals surface area contributed by atoms with E-state index in [0.717, 1.165) is 11.4 Å². The fraction of sp³-hybridized carbons (Fsp3) is 0.357. The maximum atomic E-state index is 11.4. The third kappa shape index (κ3) is 4.45. The molecule has 2 heterocycles. The average Bonchev–Trinajstić information content (AvgIpc) is 2.80. The fourth-order valence-electron chi connectivity index (χ4n) is 1.86. The first-order valence-electron chi connectivity index (χ1n) is 6.58. The van der Waals surface area contributed by atoms with Crippen molar-refractivity contribution < 1.29 is 14.4 Å². The highest BCUT2D eigenvalue weighted by Crippen LogP contribution is 2.11. The van der Waals surface area contributed by atoms with E-state index in [1.165, 1.54) is 20.0 Å². The standard InChI is InChI=1S/C9H11N5O.C5H8O2/c1-5-3-6(2)14-8(12-5)7(4-11-14)9(15)13-10;1-4(6)3-5(2)7/h3-4H,10H2,1-2H3,(H,13,15);3H2,1-2H3. The zero-order valence-corrected chi connectivity index (χ0v) is 13.0. The Balaban J connectivity index is 0.000000295. The molecule has 0 bridgehead atoms. The lowest BCUT2D eigenvalue weighted by Gasteiger charge is -2.01. The summed E-state index contributed by atoms with van der Waals surface area (Å²) in [4.78, 5) is 35.7. The van der Waals surface area contributed by atoms with E-state index in [9.17, 15) is 14.4 Å². The Kier molecular flexibility index (Phi) is 5.88. The number of ketones is 2. The first-order valence-corrected chi connectivity index (χ1v) is 6.58. The van der Waals surface area contributed by atoms with E-state index in [1.54, 1.807) is 4.52 Å². The van der Waals surface area contributed by atoms with Gasteiger partial charge in [-0.15, -0.1) is 0 Å². The number of nitrogens with zero attached hydrogens (tertiary/aromatic N) is 3. The molecule has 0 unspecified atom stereocenters. The summed E-state index contributed by atoms with van der Waals surface area (Å²) in [5, 5.41) is 4.07. The summed E-state index contributed by atoms with van der Waals surface area (Å²) in [7, 11) is 0. The van der Waals surface area contributed by atoms with Crippen LogP contribution < -0.4 is 11.3 Å². The molecule has 2 aromatic rings. The van der Waals surface area contributed by atoms with Crippen LogP contribution in [-0.4, -0.2) is 32.1 Å². The Morgan fingerprint density at radius 2 is 1.82 bits per heavy atom. The van der Waals surface area contributed by atoms with Gasteiger partial charge in [0.15, 0.2) is 5.65 Å². The Bertz CT molecular complexity index is 709. The van der Waals surface area contributed by atoms with Crippen LogP contribution in [0, 0.1) is 13.8 Å². The largest absolute Gasteiger partial charge is 0.300 e. The molecule has 0 radical (unpaired) electrons. The van der Waals surface area contributed by atoms with Crippen molar-refractivity contribution in [2.24, 2.45) is 5.84 Å². The molecule has 0 atom stereocenters. The molecule has 2 rings (SSSR count). The second-order valence-electron chi connectivity index (χ2n) is 4.89. The number of nitrogen functional groups attached to an aromatic ring is 1. The normalized spacial score (nSPS) is 9.86. The molecule has 2 aromatic heterocycles. The number of rotatable bonds is 3. The molecule has 118 valence electrons. The summed E-state index contributed by atoms with van der Waals surface area (Å²) >= 11 is 0. The van der Waals surface area contributed by atoms with Gasteiger partial charge in [0.05, 0.1) is 12.6 Å². The fourth-order valence-corrected chi connectivity index (χ4v) is 1.86. The van der Waals surface area contributed by atoms with E-state index in [-0.39, 0.29) is 23.9 Å². The maximum Gasteiger partial charge on any atom is 0.270 e. The first kappa shape index (κ1) is 17.4. The highest BCUT2D eigenvalue weighted by Gasteiger charge is 2.13. The molecule has 0 saturated heterocycles. The van der Waals surface area contributed by atoms with Gasteiger partial charge in [-0.25, -0.2) is 15.3 Å². The van der Waals surface area contributed by atoms with Crippen LogP contribution in [0.5, 0.6) is 0 Å². The molecule has 0 spiro atoms. The topological polar surface area (TPSA) is 119 Å². The number of carbonyl (C=O) groups excluding carboxylic acids is 3. The average molecular weight is 305 g/mol. The summed E-state index contributed by atoms with van der Waals surface area (Å²) in [6.45, 7) is 6.58. The van der Waals surface area contributed by atoms with Crippen molar-refractivity contribution >= 4 is 23.1 Å². The smallest absolute Gasteiger partial charge is 0.270 e. The predicted octanol–water partition coefficient (Wildman–Crippen LogP) is 0.504. The minimum Gasteiger partial charge on any atom is -0.300 e. The lowest BCUT2D eigenvalue weighted by molar-refractivity contribution is -0.124. The number of Topliss-reactive ketones (excluding diaryl/α,β-unsaturated/α-hetero) is 2. The summed E-state index contributed by atoms with van der Waals surface area (Å²) in [5.41, 5.74) is 4.73. The van der Waals surface area contributed by atoms with Gasteiger partial charge in [-0.1, -0.05) is 0 Å². The molecule has 0 aromatic carbocycles. The number of amides is 1. The molecule has 8 nitrogen and oxygen atoms in total. The quantitative estimate of drug-likeness (QED) is 0.369. The van der Waals surface area contributed by atoms with Crippen molar-refractivity contribution in [1.82, 2.24) is 20.0 Å². The molecular weight excluding hydrogens is 286 g/mol. The van der Waals surface area contributed by atoms with Crippen LogP contribution in [0.3, 0.4) is 0 Å². The SMILES string of the molecule is CC(=O)CC(C)=O.Cc1cc(C)n2ncc(C(=O)NN)c2n1. The third-order valence-corrected chi connectivity index (χ3v) is 2.65. The van der Waals surface area contributed by atoms with Gasteiger partial charge >= 0.3 is 0 Å². The number of fused-ring (bicyclic) bond motifs is 1. The van der Waals surface area contributed by atoms with Gasteiger partial charge in [0.25, 0.3) is 5.91 Å². The van der Waals surface area contributed by atoms with E-state index in [1.807, 2.05) is 19.9 Å². The number of carbonyl (C=O) groups is 3. The van der Waals surface area contributed by atoms with Crippen molar-refractivity contribution in [3.05, 3.63) is 29.2 Å². The maximum absolute atomic E-state index is 11.4. The van der Waals surface area contributed by atoms with Crippen molar-refractivity contribution in [1.29, 1.82) is 0 Å². The second-order valence-corrected chi connectivity index (χ2v) is 4.89. The minimum atomic E-state index is -0.387. The van der Waals surface area contributed by atoms with Crippen LogP contribution in [0.2, 0.25) is 0 Å². The van der Waals surface area contributed by atoms with Gasteiger partial charge in [-0.3, -0.25) is 19.8 Å². The number of aromatic nitrogens is 3. The van der Waals surface area contributed by atoms with Crippen LogP contribution in [0.1, 0.15) is 42.0 Å². The Morgan fingerprint density at radius 3 is 2.27 bits per heavy atom. The van der Waals surface area contributed by atoms with E-state index < -0.39 is 0 Å². The van der Waals surface area contributed by atoms with Gasteiger partial charge in [0.1, 0.15) is 17.1 Å². The highest BCUT2D eigenvalue weighted by atomic mass is 16.2. The van der Waals surface area contributed by atoms with Crippen molar-refractivity contribution in [3.63, 3.8) is 0 Å². The van der Waals surface area contributed by atoms with Crippen molar-refractivity contribution in [3.8, 4) is 0 Å². The second kappa shape index (κ2) is 7.41. The molecule has 1 amide bonds. The van der Waals surface area contributed by atoms with E-state index in [2.05, 4.69) is 15.5 Å². The minimum absolute atomic E-state index is 0.0625. The van der Waals surface area contributed by atoms with Crippen LogP contribution in [0.4, 0.5) is 0 Å². The molecule has 3 N–H and O–H groups in total. The summed E-state index contributed by atoms with van der Waals surface area (Å²) in [5.74, 6) is 4.55. The van der Waals surface area contributed by atoms with E-state index >= 15 is 0 Å². The number of hydrazine groups is 1. The molecule has 22 heavy (non-hydrogen) atoms. The molecule has 0 aliphatic carbocycles. The molecule has 0 fully saturated rings. The van der Waals surface area contributed by atoms with Gasteiger partial charge in [-0.05, 0) is 33.8 Å². The monoisotopic (exact) mass is 305 g/mol. The van der Waals surface area contributed by atoms with Crippen LogP contribution >= 0.6 is 0 Å². The van der Waals surface area contributed by atoms with Gasteiger partial charge < -0.3 is 0 Å². The number of nitrogens with one attached hydrogen (secondary N) is 1.